The number of halogens is 3. The summed E-state index contributed by atoms with van der Waals surface area (Å²) in [4.78, 5) is 3.51. The molecule has 0 fully saturated rings. The van der Waals surface area contributed by atoms with Gasteiger partial charge in [0.2, 0.25) is 15.8 Å². The molecule has 0 radical (unpaired) electrons. The fraction of sp³-hybridized carbons (Fsp3) is 0.364. The molecule has 1 aromatic heterocycles. The Morgan fingerprint density at radius 3 is 2.62 bits per heavy atom. The van der Waals surface area contributed by atoms with Crippen LogP contribution in [0.2, 0.25) is 0 Å². The van der Waals surface area contributed by atoms with E-state index in [1.54, 1.807) is 0 Å². The number of nitrogens with two attached hydrogens (primary N) is 1. The van der Waals surface area contributed by atoms with Gasteiger partial charge >= 0.3 is 6.18 Å². The molecule has 0 aliphatic heterocycles. The van der Waals surface area contributed by atoms with Crippen molar-refractivity contribution >= 4 is 26.7 Å². The molecule has 0 unspecified atom stereocenters. The summed E-state index contributed by atoms with van der Waals surface area (Å²) in [6.07, 6.45) is -4.68. The molecule has 0 bridgehead atoms. The molecule has 2 aromatic rings. The Hall–Kier alpha value is -1.81. The molecule has 0 saturated heterocycles. The average Bonchev–Trinajstić information content (AvgIpc) is 2.74. The van der Waals surface area contributed by atoms with Crippen LogP contribution >= 0.6 is 0 Å². The first-order chi connectivity index (χ1) is 9.64. The maximum Gasteiger partial charge on any atom is 0.449 e. The zero-order valence-electron chi connectivity index (χ0n) is 11.0. The molecular formula is C11H13F3N4O2S. The molecule has 0 aliphatic rings. The summed E-state index contributed by atoms with van der Waals surface area (Å²) in [6.45, 7) is -0.363. The highest BCUT2D eigenvalue weighted by Gasteiger charge is 2.37. The van der Waals surface area contributed by atoms with E-state index in [1.165, 1.54) is 25.2 Å². The summed E-state index contributed by atoms with van der Waals surface area (Å²) in [5, 5.41) is 0. The minimum atomic E-state index is -4.68. The van der Waals surface area contributed by atoms with Crippen molar-refractivity contribution in [1.29, 1.82) is 0 Å². The maximum absolute atomic E-state index is 13.0. The van der Waals surface area contributed by atoms with Crippen LogP contribution in [0.25, 0.3) is 11.0 Å². The third-order valence-electron chi connectivity index (χ3n) is 2.92. The molecule has 3 N–H and O–H groups in total. The summed E-state index contributed by atoms with van der Waals surface area (Å²) in [7, 11) is -2.42. The van der Waals surface area contributed by atoms with Crippen LogP contribution in [0.4, 0.5) is 18.9 Å². The number of fused-ring (bicyclic) bond motifs is 1. The zero-order valence-corrected chi connectivity index (χ0v) is 11.8. The predicted octanol–water partition coefficient (Wildman–Crippen LogP) is 1.19. The third-order valence-corrected chi connectivity index (χ3v) is 4.26. The molecule has 0 aliphatic carbocycles. The Bertz CT molecular complexity index is 768. The Morgan fingerprint density at radius 1 is 1.38 bits per heavy atom. The lowest BCUT2D eigenvalue weighted by Crippen LogP contribution is -2.26. The Morgan fingerprint density at radius 2 is 2.05 bits per heavy atom. The number of aryl methyl sites for hydroxylation is 1. The van der Waals surface area contributed by atoms with Gasteiger partial charge in [0.1, 0.15) is 0 Å². The SMILES string of the molecule is CNS(=O)(=O)CCn1c(C(F)(F)F)nc2cc(N)ccc21. The van der Waals surface area contributed by atoms with E-state index in [4.69, 9.17) is 5.73 Å². The van der Waals surface area contributed by atoms with Crippen LogP contribution in [0.1, 0.15) is 5.82 Å². The number of alkyl halides is 3. The Balaban J connectivity index is 2.53. The second-order valence-corrected chi connectivity index (χ2v) is 6.40. The smallest absolute Gasteiger partial charge is 0.399 e. The molecular weight excluding hydrogens is 309 g/mol. The van der Waals surface area contributed by atoms with Crippen LogP contribution in [0.15, 0.2) is 18.2 Å². The second kappa shape index (κ2) is 5.19. The predicted molar refractivity (Wildman–Crippen MR) is 72.0 cm³/mol. The standard InChI is InChI=1S/C11H13F3N4O2S/c1-16-21(19,20)5-4-18-9-3-2-7(15)6-8(9)17-10(18)11(12,13)14/h2-3,6,16H,4-5,15H2,1H3. The minimum Gasteiger partial charge on any atom is -0.399 e. The van der Waals surface area contributed by atoms with Crippen LogP contribution in [-0.2, 0) is 22.7 Å². The molecule has 2 rings (SSSR count). The number of nitrogens with zero attached hydrogens (tertiary/aromatic N) is 2. The van der Waals surface area contributed by atoms with Crippen molar-refractivity contribution in [3.8, 4) is 0 Å². The molecule has 6 nitrogen and oxygen atoms in total. The molecule has 1 heterocycles. The van der Waals surface area contributed by atoms with Crippen molar-refractivity contribution < 1.29 is 21.6 Å². The van der Waals surface area contributed by atoms with Crippen molar-refractivity contribution in [2.24, 2.45) is 0 Å². The van der Waals surface area contributed by atoms with Crippen molar-refractivity contribution in [3.05, 3.63) is 24.0 Å². The zero-order chi connectivity index (χ0) is 15.8. The number of imidazole rings is 1. The van der Waals surface area contributed by atoms with Crippen LogP contribution in [0.5, 0.6) is 0 Å². The van der Waals surface area contributed by atoms with Gasteiger partial charge in [-0.05, 0) is 25.2 Å². The van der Waals surface area contributed by atoms with Crippen molar-refractivity contribution in [2.45, 2.75) is 12.7 Å². The first kappa shape index (κ1) is 15.6. The fourth-order valence-corrected chi connectivity index (χ4v) is 2.53. The van der Waals surface area contributed by atoms with Gasteiger partial charge in [0.25, 0.3) is 0 Å². The highest BCUT2D eigenvalue weighted by atomic mass is 32.2. The molecule has 10 heteroatoms. The van der Waals surface area contributed by atoms with Gasteiger partial charge in [-0.3, -0.25) is 0 Å². The van der Waals surface area contributed by atoms with Gasteiger partial charge in [-0.2, -0.15) is 13.2 Å². The molecule has 1 aromatic carbocycles. The van der Waals surface area contributed by atoms with Gasteiger partial charge < -0.3 is 10.3 Å². The van der Waals surface area contributed by atoms with Gasteiger partial charge in [-0.25, -0.2) is 18.1 Å². The average molecular weight is 322 g/mol. The van der Waals surface area contributed by atoms with Crippen LogP contribution in [-0.4, -0.2) is 30.8 Å². The molecule has 21 heavy (non-hydrogen) atoms. The number of sulfonamides is 1. The van der Waals surface area contributed by atoms with Crippen molar-refractivity contribution in [3.63, 3.8) is 0 Å². The lowest BCUT2D eigenvalue weighted by molar-refractivity contribution is -0.146. The number of nitrogens with one attached hydrogen (secondary N) is 1. The maximum atomic E-state index is 13.0. The summed E-state index contributed by atoms with van der Waals surface area (Å²) in [5.74, 6) is -1.63. The van der Waals surface area contributed by atoms with E-state index in [0.29, 0.717) is 0 Å². The quantitative estimate of drug-likeness (QED) is 0.827. The second-order valence-electron chi connectivity index (χ2n) is 4.36. The Labute approximate surface area is 118 Å². The van der Waals surface area contributed by atoms with Gasteiger partial charge in [0.05, 0.1) is 16.8 Å². The van der Waals surface area contributed by atoms with Crippen LogP contribution in [0, 0.1) is 0 Å². The van der Waals surface area contributed by atoms with E-state index < -0.39 is 27.8 Å². The highest BCUT2D eigenvalue weighted by Crippen LogP contribution is 2.32. The summed E-state index contributed by atoms with van der Waals surface area (Å²) < 4.78 is 64.7. The number of aromatic nitrogens is 2. The minimum absolute atomic E-state index is 0.0733. The molecule has 0 amide bonds. The number of hydrogen-bond donors (Lipinski definition) is 2. The summed E-state index contributed by atoms with van der Waals surface area (Å²) in [5.41, 5.74) is 6.06. The largest absolute Gasteiger partial charge is 0.449 e. The fourth-order valence-electron chi connectivity index (χ4n) is 1.90. The normalized spacial score (nSPS) is 13.0. The summed E-state index contributed by atoms with van der Waals surface area (Å²) >= 11 is 0. The van der Waals surface area contributed by atoms with E-state index in [1.807, 2.05) is 0 Å². The van der Waals surface area contributed by atoms with Gasteiger partial charge in [0, 0.05) is 12.2 Å². The van der Waals surface area contributed by atoms with Crippen LogP contribution < -0.4 is 10.5 Å². The molecule has 0 atom stereocenters. The monoisotopic (exact) mass is 322 g/mol. The first-order valence-electron chi connectivity index (χ1n) is 5.88. The van der Waals surface area contributed by atoms with Gasteiger partial charge in [-0.15, -0.1) is 0 Å². The number of nitrogen functional groups attached to an aromatic ring is 1. The molecule has 0 saturated carbocycles. The third kappa shape index (κ3) is 3.27. The summed E-state index contributed by atoms with van der Waals surface area (Å²) in [6, 6.07) is 4.14. The van der Waals surface area contributed by atoms with Crippen molar-refractivity contribution in [1.82, 2.24) is 14.3 Å². The van der Waals surface area contributed by atoms with Gasteiger partial charge in [0.15, 0.2) is 0 Å². The molecule has 116 valence electrons. The van der Waals surface area contributed by atoms with Crippen LogP contribution in [0.3, 0.4) is 0 Å². The Kier molecular flexibility index (Phi) is 3.85. The number of rotatable bonds is 4. The number of hydrogen-bond acceptors (Lipinski definition) is 4. The van der Waals surface area contributed by atoms with E-state index in [9.17, 15) is 21.6 Å². The topological polar surface area (TPSA) is 90.0 Å². The van der Waals surface area contributed by atoms with E-state index in [-0.39, 0.29) is 23.3 Å². The van der Waals surface area contributed by atoms with E-state index >= 15 is 0 Å². The number of benzene rings is 1. The highest BCUT2D eigenvalue weighted by molar-refractivity contribution is 7.89. The molecule has 0 spiro atoms. The van der Waals surface area contributed by atoms with E-state index in [2.05, 4.69) is 9.71 Å². The lowest BCUT2D eigenvalue weighted by atomic mass is 10.3. The first-order valence-corrected chi connectivity index (χ1v) is 7.53. The number of anilines is 1. The lowest BCUT2D eigenvalue weighted by Gasteiger charge is -2.11. The van der Waals surface area contributed by atoms with E-state index in [0.717, 1.165) is 4.57 Å². The van der Waals surface area contributed by atoms with Gasteiger partial charge in [-0.1, -0.05) is 0 Å². The van der Waals surface area contributed by atoms with Crippen molar-refractivity contribution in [2.75, 3.05) is 18.5 Å².